The Bertz CT molecular complexity index is 830. The standard InChI is InChI=1S/C19H24N2O3S/c1-15-7-9-18(10-8-15)21(25(3,23)24)12-11-20-19(22)14-17-6-4-5-16(2)13-17/h4-10,13H,11-12,14H2,1-3H3,(H,20,22). The van der Waals surface area contributed by atoms with Gasteiger partial charge in [-0.3, -0.25) is 9.10 Å². The second kappa shape index (κ2) is 8.16. The highest BCUT2D eigenvalue weighted by Crippen LogP contribution is 2.17. The number of benzene rings is 2. The number of hydrogen-bond acceptors (Lipinski definition) is 3. The molecule has 0 bridgehead atoms. The summed E-state index contributed by atoms with van der Waals surface area (Å²) in [5.74, 6) is -0.122. The van der Waals surface area contributed by atoms with E-state index in [1.54, 1.807) is 12.1 Å². The van der Waals surface area contributed by atoms with Gasteiger partial charge < -0.3 is 5.32 Å². The van der Waals surface area contributed by atoms with Gasteiger partial charge in [0, 0.05) is 6.54 Å². The molecule has 25 heavy (non-hydrogen) atoms. The van der Waals surface area contributed by atoms with Gasteiger partial charge in [-0.2, -0.15) is 0 Å². The molecule has 2 aromatic carbocycles. The van der Waals surface area contributed by atoms with Crippen molar-refractivity contribution in [3.8, 4) is 0 Å². The van der Waals surface area contributed by atoms with Crippen LogP contribution in [0.2, 0.25) is 0 Å². The lowest BCUT2D eigenvalue weighted by Crippen LogP contribution is -2.38. The Morgan fingerprint density at radius 3 is 2.32 bits per heavy atom. The number of rotatable bonds is 7. The van der Waals surface area contributed by atoms with E-state index >= 15 is 0 Å². The number of sulfonamides is 1. The number of aryl methyl sites for hydroxylation is 2. The fraction of sp³-hybridized carbons (Fsp3) is 0.316. The number of carbonyl (C=O) groups is 1. The molecule has 0 spiro atoms. The highest BCUT2D eigenvalue weighted by molar-refractivity contribution is 7.92. The Kier molecular flexibility index (Phi) is 6.20. The van der Waals surface area contributed by atoms with Crippen molar-refractivity contribution >= 4 is 21.6 Å². The van der Waals surface area contributed by atoms with E-state index in [1.807, 2.05) is 50.2 Å². The van der Waals surface area contributed by atoms with Crippen LogP contribution in [0.1, 0.15) is 16.7 Å². The smallest absolute Gasteiger partial charge is 0.232 e. The van der Waals surface area contributed by atoms with E-state index in [1.165, 1.54) is 10.6 Å². The molecule has 0 saturated heterocycles. The van der Waals surface area contributed by atoms with Gasteiger partial charge in [0.15, 0.2) is 0 Å². The molecule has 1 N–H and O–H groups in total. The Morgan fingerprint density at radius 2 is 1.72 bits per heavy atom. The number of nitrogens with one attached hydrogen (secondary N) is 1. The maximum Gasteiger partial charge on any atom is 0.232 e. The lowest BCUT2D eigenvalue weighted by molar-refractivity contribution is -0.120. The molecule has 6 heteroatoms. The van der Waals surface area contributed by atoms with Crippen molar-refractivity contribution in [2.24, 2.45) is 0 Å². The molecule has 5 nitrogen and oxygen atoms in total. The summed E-state index contributed by atoms with van der Waals surface area (Å²) >= 11 is 0. The van der Waals surface area contributed by atoms with Gasteiger partial charge in [-0.1, -0.05) is 47.5 Å². The molecule has 0 saturated carbocycles. The molecule has 0 fully saturated rings. The van der Waals surface area contributed by atoms with E-state index < -0.39 is 10.0 Å². The molecule has 2 aromatic rings. The summed E-state index contributed by atoms with van der Waals surface area (Å²) < 4.78 is 25.4. The molecule has 0 aliphatic carbocycles. The quantitative estimate of drug-likeness (QED) is 0.825. The monoisotopic (exact) mass is 360 g/mol. The first kappa shape index (κ1) is 19.0. The van der Waals surface area contributed by atoms with Gasteiger partial charge in [0.25, 0.3) is 0 Å². The maximum atomic E-state index is 12.1. The van der Waals surface area contributed by atoms with Crippen LogP contribution in [0.15, 0.2) is 48.5 Å². The molecule has 0 heterocycles. The minimum Gasteiger partial charge on any atom is -0.354 e. The third kappa shape index (κ3) is 5.90. The van der Waals surface area contributed by atoms with Crippen LogP contribution in [-0.4, -0.2) is 33.7 Å². The summed E-state index contributed by atoms with van der Waals surface area (Å²) in [4.78, 5) is 12.1. The van der Waals surface area contributed by atoms with Gasteiger partial charge in [0.05, 0.1) is 24.9 Å². The first-order valence-electron chi connectivity index (χ1n) is 8.12. The van der Waals surface area contributed by atoms with Crippen molar-refractivity contribution in [2.75, 3.05) is 23.7 Å². The Morgan fingerprint density at radius 1 is 1.04 bits per heavy atom. The van der Waals surface area contributed by atoms with Crippen LogP contribution in [0.4, 0.5) is 5.69 Å². The lowest BCUT2D eigenvalue weighted by atomic mass is 10.1. The molecule has 0 radical (unpaired) electrons. The predicted octanol–water partition coefficient (Wildman–Crippen LogP) is 2.43. The van der Waals surface area contributed by atoms with E-state index in [-0.39, 0.29) is 25.4 Å². The first-order chi connectivity index (χ1) is 11.8. The average molecular weight is 360 g/mol. The second-order valence-corrected chi connectivity index (χ2v) is 8.09. The minimum absolute atomic E-state index is 0.122. The fourth-order valence-electron chi connectivity index (χ4n) is 2.56. The van der Waals surface area contributed by atoms with Crippen molar-refractivity contribution in [3.63, 3.8) is 0 Å². The van der Waals surface area contributed by atoms with Crippen LogP contribution in [0, 0.1) is 13.8 Å². The molecule has 0 atom stereocenters. The third-order valence-electron chi connectivity index (χ3n) is 3.81. The van der Waals surface area contributed by atoms with Crippen LogP contribution in [0.3, 0.4) is 0 Å². The van der Waals surface area contributed by atoms with Crippen LogP contribution in [-0.2, 0) is 21.2 Å². The van der Waals surface area contributed by atoms with Gasteiger partial charge in [0.1, 0.15) is 0 Å². The van der Waals surface area contributed by atoms with E-state index in [0.717, 1.165) is 16.7 Å². The molecular weight excluding hydrogens is 336 g/mol. The van der Waals surface area contributed by atoms with Crippen LogP contribution in [0.25, 0.3) is 0 Å². The summed E-state index contributed by atoms with van der Waals surface area (Å²) in [6, 6.07) is 15.0. The Labute approximate surface area is 149 Å². The van der Waals surface area contributed by atoms with E-state index in [2.05, 4.69) is 5.32 Å². The molecule has 0 aliphatic heterocycles. The van der Waals surface area contributed by atoms with Crippen LogP contribution < -0.4 is 9.62 Å². The van der Waals surface area contributed by atoms with Crippen molar-refractivity contribution < 1.29 is 13.2 Å². The fourth-order valence-corrected chi connectivity index (χ4v) is 3.49. The van der Waals surface area contributed by atoms with E-state index in [0.29, 0.717) is 5.69 Å². The molecule has 0 aromatic heterocycles. The largest absolute Gasteiger partial charge is 0.354 e. The van der Waals surface area contributed by atoms with Crippen molar-refractivity contribution in [3.05, 3.63) is 65.2 Å². The summed E-state index contributed by atoms with van der Waals surface area (Å²) in [7, 11) is -3.41. The topological polar surface area (TPSA) is 66.5 Å². The molecule has 1 amide bonds. The van der Waals surface area contributed by atoms with Crippen LogP contribution >= 0.6 is 0 Å². The minimum atomic E-state index is -3.41. The third-order valence-corrected chi connectivity index (χ3v) is 5.00. The zero-order chi connectivity index (χ0) is 18.4. The van der Waals surface area contributed by atoms with Crippen molar-refractivity contribution in [1.82, 2.24) is 5.32 Å². The number of anilines is 1. The van der Waals surface area contributed by atoms with Crippen molar-refractivity contribution in [1.29, 1.82) is 0 Å². The average Bonchev–Trinajstić information content (AvgIpc) is 2.51. The number of hydrogen-bond donors (Lipinski definition) is 1. The normalized spacial score (nSPS) is 11.2. The lowest BCUT2D eigenvalue weighted by Gasteiger charge is -2.22. The SMILES string of the molecule is Cc1ccc(N(CCNC(=O)Cc2cccc(C)c2)S(C)(=O)=O)cc1. The molecule has 0 aliphatic rings. The molecular formula is C19H24N2O3S. The summed E-state index contributed by atoms with van der Waals surface area (Å²) in [6.45, 7) is 4.38. The van der Waals surface area contributed by atoms with Gasteiger partial charge >= 0.3 is 0 Å². The van der Waals surface area contributed by atoms with Gasteiger partial charge in [-0.05, 0) is 31.5 Å². The Hall–Kier alpha value is -2.34. The highest BCUT2D eigenvalue weighted by atomic mass is 32.2. The van der Waals surface area contributed by atoms with E-state index in [9.17, 15) is 13.2 Å². The van der Waals surface area contributed by atoms with E-state index in [4.69, 9.17) is 0 Å². The van der Waals surface area contributed by atoms with Crippen molar-refractivity contribution in [2.45, 2.75) is 20.3 Å². The number of nitrogens with zero attached hydrogens (tertiary/aromatic N) is 1. The van der Waals surface area contributed by atoms with Gasteiger partial charge in [0.2, 0.25) is 15.9 Å². The maximum absolute atomic E-state index is 12.1. The highest BCUT2D eigenvalue weighted by Gasteiger charge is 2.17. The molecule has 2 rings (SSSR count). The predicted molar refractivity (Wildman–Crippen MR) is 101 cm³/mol. The van der Waals surface area contributed by atoms with Gasteiger partial charge in [-0.25, -0.2) is 8.42 Å². The first-order valence-corrected chi connectivity index (χ1v) is 9.97. The zero-order valence-corrected chi connectivity index (χ0v) is 15.6. The molecule has 0 unspecified atom stereocenters. The molecule has 134 valence electrons. The Balaban J connectivity index is 1.95. The van der Waals surface area contributed by atoms with Crippen LogP contribution in [0.5, 0.6) is 0 Å². The van der Waals surface area contributed by atoms with Gasteiger partial charge in [-0.15, -0.1) is 0 Å². The second-order valence-electron chi connectivity index (χ2n) is 6.19. The summed E-state index contributed by atoms with van der Waals surface area (Å²) in [5.41, 5.74) is 3.70. The summed E-state index contributed by atoms with van der Waals surface area (Å²) in [5, 5.41) is 2.79. The number of carbonyl (C=O) groups excluding carboxylic acids is 1. The zero-order valence-electron chi connectivity index (χ0n) is 14.8. The number of amides is 1. The summed E-state index contributed by atoms with van der Waals surface area (Å²) in [6.07, 6.45) is 1.45.